The number of sulfonamides is 1. The second kappa shape index (κ2) is 8.23. The molecule has 1 amide bonds. The van der Waals surface area contributed by atoms with E-state index in [4.69, 9.17) is 0 Å². The Labute approximate surface area is 161 Å². The lowest BCUT2D eigenvalue weighted by atomic mass is 10.00. The first kappa shape index (κ1) is 19.6. The third-order valence-electron chi connectivity index (χ3n) is 5.14. The van der Waals surface area contributed by atoms with E-state index in [1.54, 1.807) is 0 Å². The predicted molar refractivity (Wildman–Crippen MR) is 107 cm³/mol. The maximum absolute atomic E-state index is 12.7. The van der Waals surface area contributed by atoms with Crippen LogP contribution in [-0.4, -0.2) is 42.9 Å². The summed E-state index contributed by atoms with van der Waals surface area (Å²) in [6.07, 6.45) is 2.24. The minimum Gasteiger partial charge on any atom is -0.338 e. The number of fused-ring (bicyclic) bond motifs is 1. The summed E-state index contributed by atoms with van der Waals surface area (Å²) in [6, 6.07) is 15.9. The van der Waals surface area contributed by atoms with Gasteiger partial charge in [-0.3, -0.25) is 4.79 Å². The molecule has 0 aromatic heterocycles. The van der Waals surface area contributed by atoms with Crippen LogP contribution in [-0.2, 0) is 34.3 Å². The fraction of sp³-hybridized carbons (Fsp3) is 0.381. The number of benzene rings is 2. The highest BCUT2D eigenvalue weighted by Gasteiger charge is 2.23. The Hall–Kier alpha value is -2.18. The average Bonchev–Trinajstić information content (AvgIpc) is 2.65. The lowest BCUT2D eigenvalue weighted by Crippen LogP contribution is -2.39. The smallest absolute Gasteiger partial charge is 0.224 e. The summed E-state index contributed by atoms with van der Waals surface area (Å²) in [6.45, 7) is 3.75. The van der Waals surface area contributed by atoms with Crippen molar-refractivity contribution in [3.8, 4) is 0 Å². The van der Waals surface area contributed by atoms with Gasteiger partial charge in [-0.15, -0.1) is 0 Å². The second-order valence-corrected chi connectivity index (χ2v) is 9.09. The minimum atomic E-state index is -3.39. The molecule has 0 unspecified atom stereocenters. The third-order valence-corrected chi connectivity index (χ3v) is 6.39. The Kier molecular flexibility index (Phi) is 5.97. The van der Waals surface area contributed by atoms with Crippen LogP contribution in [0.25, 0.3) is 0 Å². The number of nitrogens with zero attached hydrogens (tertiary/aromatic N) is 2. The van der Waals surface area contributed by atoms with Gasteiger partial charge in [-0.1, -0.05) is 48.5 Å². The molecule has 1 aliphatic heterocycles. The van der Waals surface area contributed by atoms with Gasteiger partial charge in [0.25, 0.3) is 0 Å². The number of hydrogen-bond acceptors (Lipinski definition) is 3. The van der Waals surface area contributed by atoms with Gasteiger partial charge in [0.05, 0.1) is 6.26 Å². The molecular formula is C21H26N2O3S. The molecule has 0 radical (unpaired) electrons. The Morgan fingerprint density at radius 3 is 2.44 bits per heavy atom. The SMILES string of the molecule is Cc1ccccc1CN(CCC(=O)N1CCc2ccccc2C1)S(C)(=O)=O. The highest BCUT2D eigenvalue weighted by molar-refractivity contribution is 7.88. The molecule has 1 aliphatic rings. The zero-order chi connectivity index (χ0) is 19.4. The second-order valence-electron chi connectivity index (χ2n) is 7.11. The van der Waals surface area contributed by atoms with Crippen LogP contribution in [0.1, 0.15) is 28.7 Å². The van der Waals surface area contributed by atoms with Crippen LogP contribution in [0.2, 0.25) is 0 Å². The predicted octanol–water partition coefficient (Wildman–Crippen LogP) is 2.73. The summed E-state index contributed by atoms with van der Waals surface area (Å²) in [7, 11) is -3.39. The van der Waals surface area contributed by atoms with Crippen LogP contribution in [0.3, 0.4) is 0 Å². The average molecular weight is 387 g/mol. The Bertz CT molecular complexity index is 925. The van der Waals surface area contributed by atoms with E-state index in [1.165, 1.54) is 21.7 Å². The third kappa shape index (κ3) is 4.96. The molecule has 0 atom stereocenters. The summed E-state index contributed by atoms with van der Waals surface area (Å²) in [5, 5.41) is 0. The lowest BCUT2D eigenvalue weighted by Gasteiger charge is -2.30. The molecule has 3 rings (SSSR count). The van der Waals surface area contributed by atoms with E-state index in [2.05, 4.69) is 12.1 Å². The zero-order valence-electron chi connectivity index (χ0n) is 15.9. The molecule has 1 heterocycles. The Morgan fingerprint density at radius 1 is 1.07 bits per heavy atom. The fourth-order valence-corrected chi connectivity index (χ4v) is 4.22. The highest BCUT2D eigenvalue weighted by atomic mass is 32.2. The summed E-state index contributed by atoms with van der Waals surface area (Å²) in [5.41, 5.74) is 4.48. The number of aryl methyl sites for hydroxylation is 1. The van der Waals surface area contributed by atoms with Gasteiger partial charge in [0, 0.05) is 32.6 Å². The molecule has 5 nitrogen and oxygen atoms in total. The number of rotatable bonds is 6. The van der Waals surface area contributed by atoms with Crippen LogP contribution in [0.4, 0.5) is 0 Å². The molecule has 0 saturated carbocycles. The molecule has 27 heavy (non-hydrogen) atoms. The van der Waals surface area contributed by atoms with Gasteiger partial charge >= 0.3 is 0 Å². The Balaban J connectivity index is 1.64. The van der Waals surface area contributed by atoms with Gasteiger partial charge in [-0.25, -0.2) is 8.42 Å². The van der Waals surface area contributed by atoms with Crippen molar-refractivity contribution in [3.05, 3.63) is 70.8 Å². The molecule has 0 spiro atoms. The highest BCUT2D eigenvalue weighted by Crippen LogP contribution is 2.19. The molecule has 2 aromatic rings. The van der Waals surface area contributed by atoms with E-state index in [1.807, 2.05) is 48.2 Å². The molecule has 144 valence electrons. The van der Waals surface area contributed by atoms with Crippen molar-refractivity contribution in [1.82, 2.24) is 9.21 Å². The van der Waals surface area contributed by atoms with Gasteiger partial charge in [0.15, 0.2) is 0 Å². The molecule has 0 aliphatic carbocycles. The van der Waals surface area contributed by atoms with Gasteiger partial charge in [0.2, 0.25) is 15.9 Å². The summed E-state index contributed by atoms with van der Waals surface area (Å²) in [5.74, 6) is 0.00272. The summed E-state index contributed by atoms with van der Waals surface area (Å²) in [4.78, 5) is 14.5. The van der Waals surface area contributed by atoms with Crippen molar-refractivity contribution in [1.29, 1.82) is 0 Å². The Morgan fingerprint density at radius 2 is 1.74 bits per heavy atom. The van der Waals surface area contributed by atoms with Crippen molar-refractivity contribution in [2.75, 3.05) is 19.3 Å². The number of hydrogen-bond donors (Lipinski definition) is 0. The molecule has 0 bridgehead atoms. The molecule has 2 aromatic carbocycles. The van der Waals surface area contributed by atoms with Gasteiger partial charge < -0.3 is 4.90 Å². The fourth-order valence-electron chi connectivity index (χ4n) is 3.43. The van der Waals surface area contributed by atoms with Crippen molar-refractivity contribution in [2.45, 2.75) is 32.9 Å². The van der Waals surface area contributed by atoms with Gasteiger partial charge in [-0.2, -0.15) is 4.31 Å². The molecular weight excluding hydrogens is 360 g/mol. The van der Waals surface area contributed by atoms with E-state index >= 15 is 0 Å². The largest absolute Gasteiger partial charge is 0.338 e. The lowest BCUT2D eigenvalue weighted by molar-refractivity contribution is -0.132. The van der Waals surface area contributed by atoms with Crippen molar-refractivity contribution in [3.63, 3.8) is 0 Å². The first-order valence-electron chi connectivity index (χ1n) is 9.19. The van der Waals surface area contributed by atoms with E-state index in [0.29, 0.717) is 19.6 Å². The van der Waals surface area contributed by atoms with Crippen LogP contribution >= 0.6 is 0 Å². The van der Waals surface area contributed by atoms with Crippen LogP contribution in [0.5, 0.6) is 0 Å². The van der Waals surface area contributed by atoms with Gasteiger partial charge in [0.1, 0.15) is 0 Å². The minimum absolute atomic E-state index is 0.00272. The standard InChI is InChI=1S/C21H26N2O3S/c1-17-7-3-4-9-19(17)16-23(27(2,25)26)14-12-21(24)22-13-11-18-8-5-6-10-20(18)15-22/h3-10H,11-16H2,1-2H3. The van der Waals surface area contributed by atoms with Crippen molar-refractivity contribution < 1.29 is 13.2 Å². The van der Waals surface area contributed by atoms with Crippen LogP contribution in [0, 0.1) is 6.92 Å². The van der Waals surface area contributed by atoms with E-state index in [-0.39, 0.29) is 18.9 Å². The van der Waals surface area contributed by atoms with Crippen LogP contribution in [0.15, 0.2) is 48.5 Å². The van der Waals surface area contributed by atoms with Crippen molar-refractivity contribution in [2.24, 2.45) is 0 Å². The molecule has 0 fully saturated rings. The maximum Gasteiger partial charge on any atom is 0.224 e. The normalized spacial score (nSPS) is 14.3. The molecule has 0 N–H and O–H groups in total. The first-order valence-corrected chi connectivity index (χ1v) is 11.0. The summed E-state index contributed by atoms with van der Waals surface area (Å²) < 4.78 is 25.8. The number of carbonyl (C=O) groups is 1. The monoisotopic (exact) mass is 386 g/mol. The molecule has 0 saturated heterocycles. The maximum atomic E-state index is 12.7. The number of amides is 1. The number of carbonyl (C=O) groups excluding carboxylic acids is 1. The zero-order valence-corrected chi connectivity index (χ0v) is 16.7. The van der Waals surface area contributed by atoms with Crippen LogP contribution < -0.4 is 0 Å². The van der Waals surface area contributed by atoms with E-state index in [0.717, 1.165) is 17.5 Å². The van der Waals surface area contributed by atoms with E-state index < -0.39 is 10.0 Å². The summed E-state index contributed by atoms with van der Waals surface area (Å²) >= 11 is 0. The van der Waals surface area contributed by atoms with E-state index in [9.17, 15) is 13.2 Å². The van der Waals surface area contributed by atoms with Gasteiger partial charge in [-0.05, 0) is 35.6 Å². The quantitative estimate of drug-likeness (QED) is 0.767. The molecule has 6 heteroatoms. The topological polar surface area (TPSA) is 57.7 Å². The van der Waals surface area contributed by atoms with Crippen molar-refractivity contribution >= 4 is 15.9 Å². The first-order chi connectivity index (χ1) is 12.8.